The van der Waals surface area contributed by atoms with Gasteiger partial charge in [0.05, 0.1) is 5.56 Å². The topological polar surface area (TPSA) is 114 Å². The number of nitrogens with zero attached hydrogens (tertiary/aromatic N) is 4. The van der Waals surface area contributed by atoms with E-state index in [0.29, 0.717) is 35.8 Å². The summed E-state index contributed by atoms with van der Waals surface area (Å²) in [6.07, 6.45) is 17.9. The summed E-state index contributed by atoms with van der Waals surface area (Å²) >= 11 is 0. The average molecular weight is 455 g/mol. The van der Waals surface area contributed by atoms with Gasteiger partial charge >= 0.3 is 0 Å². The first-order valence-corrected chi connectivity index (χ1v) is 12.6. The van der Waals surface area contributed by atoms with Gasteiger partial charge in [0.25, 0.3) is 11.8 Å². The molecule has 0 spiro atoms. The molecule has 3 N–H and O–H groups in total. The fourth-order valence-corrected chi connectivity index (χ4v) is 6.08. The number of aliphatic imine (C=N–C) groups is 1. The van der Waals surface area contributed by atoms with Crippen LogP contribution in [0.4, 0.5) is 0 Å². The first-order chi connectivity index (χ1) is 16.0. The molecule has 2 aliphatic carbocycles. The van der Waals surface area contributed by atoms with E-state index in [2.05, 4.69) is 15.3 Å². The maximum absolute atomic E-state index is 13.3. The number of likely N-dealkylation sites (N-methyl/N-ethyl adjacent to an activating group) is 1. The molecule has 1 aliphatic heterocycles. The van der Waals surface area contributed by atoms with Crippen molar-refractivity contribution < 1.29 is 9.59 Å². The zero-order valence-electron chi connectivity index (χ0n) is 19.8. The first-order valence-electron chi connectivity index (χ1n) is 12.6. The lowest BCUT2D eigenvalue weighted by Crippen LogP contribution is -2.44. The van der Waals surface area contributed by atoms with Crippen LogP contribution in [0.2, 0.25) is 0 Å². The molecule has 3 atom stereocenters. The third kappa shape index (κ3) is 5.71. The van der Waals surface area contributed by atoms with Gasteiger partial charge in [-0.25, -0.2) is 15.0 Å². The molecule has 2 heterocycles. The van der Waals surface area contributed by atoms with Crippen molar-refractivity contribution in [1.29, 1.82) is 0 Å². The molecule has 0 unspecified atom stereocenters. The zero-order chi connectivity index (χ0) is 23.3. The molecular formula is C25H38N6O2. The lowest BCUT2D eigenvalue weighted by Gasteiger charge is -2.35. The highest BCUT2D eigenvalue weighted by atomic mass is 16.2. The Labute approximate surface area is 196 Å². The number of aromatic nitrogens is 2. The average Bonchev–Trinajstić information content (AvgIpc) is 3.06. The molecule has 2 amide bonds. The summed E-state index contributed by atoms with van der Waals surface area (Å²) < 4.78 is 0. The van der Waals surface area contributed by atoms with Crippen LogP contribution in [0.1, 0.15) is 87.4 Å². The molecular weight excluding hydrogens is 416 g/mol. The molecule has 0 saturated heterocycles. The first kappa shape index (κ1) is 23.6. The van der Waals surface area contributed by atoms with Gasteiger partial charge in [0.2, 0.25) is 0 Å². The van der Waals surface area contributed by atoms with Crippen molar-refractivity contribution in [2.45, 2.75) is 82.6 Å². The summed E-state index contributed by atoms with van der Waals surface area (Å²) in [7, 11) is 1.75. The minimum absolute atomic E-state index is 0.0651. The van der Waals surface area contributed by atoms with Crippen molar-refractivity contribution in [3.8, 4) is 0 Å². The van der Waals surface area contributed by atoms with Crippen molar-refractivity contribution in [1.82, 2.24) is 20.2 Å². The molecule has 0 aromatic carbocycles. The van der Waals surface area contributed by atoms with Crippen LogP contribution in [0.5, 0.6) is 0 Å². The third-order valence-corrected chi connectivity index (χ3v) is 7.96. The smallest absolute Gasteiger partial charge is 0.257 e. The third-order valence-electron chi connectivity index (χ3n) is 7.96. The summed E-state index contributed by atoms with van der Waals surface area (Å²) in [5.41, 5.74) is 5.90. The number of guanidine groups is 1. The van der Waals surface area contributed by atoms with Gasteiger partial charge in [-0.15, -0.1) is 0 Å². The second-order valence-electron chi connectivity index (χ2n) is 10.3. The summed E-state index contributed by atoms with van der Waals surface area (Å²) in [6, 6.07) is 0. The predicted octanol–water partition coefficient (Wildman–Crippen LogP) is 3.29. The summed E-state index contributed by atoms with van der Waals surface area (Å²) in [6.45, 7) is 0.637. The van der Waals surface area contributed by atoms with Crippen molar-refractivity contribution in [3.63, 3.8) is 0 Å². The number of carbonyl (C=O) groups excluding carboxylic acids is 2. The molecule has 2 fully saturated rings. The number of hydrogen-bond donors (Lipinski definition) is 2. The molecule has 0 bridgehead atoms. The van der Waals surface area contributed by atoms with Crippen molar-refractivity contribution >= 4 is 17.8 Å². The SMILES string of the molecule is CN1C(=O)[C@@](CCC2CCCCC2)(C[C@H]2CCC[C@@H](CNC(=O)c3cncnc3)C2)N=C1N. The van der Waals surface area contributed by atoms with E-state index in [1.807, 2.05) is 0 Å². The van der Waals surface area contributed by atoms with Crippen molar-refractivity contribution in [2.75, 3.05) is 13.6 Å². The Morgan fingerprint density at radius 1 is 1.09 bits per heavy atom. The van der Waals surface area contributed by atoms with Gasteiger partial charge in [-0.05, 0) is 49.9 Å². The summed E-state index contributed by atoms with van der Waals surface area (Å²) in [5.74, 6) is 1.82. The highest BCUT2D eigenvalue weighted by molar-refractivity contribution is 6.06. The number of nitrogens with one attached hydrogen (secondary N) is 1. The molecule has 1 aromatic rings. The maximum atomic E-state index is 13.3. The van der Waals surface area contributed by atoms with Crippen LogP contribution < -0.4 is 11.1 Å². The largest absolute Gasteiger partial charge is 0.369 e. The quantitative estimate of drug-likeness (QED) is 0.626. The minimum atomic E-state index is -0.701. The van der Waals surface area contributed by atoms with Gasteiger partial charge in [-0.3, -0.25) is 14.5 Å². The Balaban J connectivity index is 1.36. The van der Waals surface area contributed by atoms with Crippen LogP contribution >= 0.6 is 0 Å². The van der Waals surface area contributed by atoms with E-state index in [1.54, 1.807) is 11.9 Å². The Hall–Kier alpha value is -2.51. The Bertz CT molecular complexity index is 854. The van der Waals surface area contributed by atoms with Crippen molar-refractivity contribution in [2.24, 2.45) is 28.5 Å². The number of hydrogen-bond acceptors (Lipinski definition) is 6. The molecule has 180 valence electrons. The fourth-order valence-electron chi connectivity index (χ4n) is 6.08. The van der Waals surface area contributed by atoms with Crippen LogP contribution in [0.3, 0.4) is 0 Å². The van der Waals surface area contributed by atoms with Gasteiger partial charge in [0, 0.05) is 26.0 Å². The molecule has 2 saturated carbocycles. The molecule has 33 heavy (non-hydrogen) atoms. The van der Waals surface area contributed by atoms with E-state index < -0.39 is 5.54 Å². The van der Waals surface area contributed by atoms with Crippen LogP contribution in [-0.2, 0) is 4.79 Å². The standard InChI is InChI=1S/C25H38N6O2/c1-31-23(33)25(30-24(31)26,11-10-18-6-3-2-4-7-18)13-19-8-5-9-20(12-19)14-29-22(32)21-15-27-17-28-16-21/h15-20H,2-14H2,1H3,(H2,26,30)(H,29,32)/t19-,20+,25+/m0/s1. The second-order valence-corrected chi connectivity index (χ2v) is 10.3. The second kappa shape index (κ2) is 10.6. The number of amides is 2. The molecule has 8 nitrogen and oxygen atoms in total. The molecule has 3 aliphatic rings. The summed E-state index contributed by atoms with van der Waals surface area (Å²) in [4.78, 5) is 39.8. The highest BCUT2D eigenvalue weighted by Crippen LogP contribution is 2.41. The van der Waals surface area contributed by atoms with Gasteiger partial charge in [0.1, 0.15) is 11.9 Å². The lowest BCUT2D eigenvalue weighted by atomic mass is 9.72. The van der Waals surface area contributed by atoms with Crippen molar-refractivity contribution in [3.05, 3.63) is 24.3 Å². The van der Waals surface area contributed by atoms with E-state index in [0.717, 1.165) is 44.9 Å². The maximum Gasteiger partial charge on any atom is 0.257 e. The van der Waals surface area contributed by atoms with Crippen LogP contribution in [0, 0.1) is 17.8 Å². The number of nitrogens with two attached hydrogens (primary N) is 1. The molecule has 4 rings (SSSR count). The van der Waals surface area contributed by atoms with E-state index >= 15 is 0 Å². The predicted molar refractivity (Wildman–Crippen MR) is 127 cm³/mol. The van der Waals surface area contributed by atoms with E-state index in [4.69, 9.17) is 10.7 Å². The fraction of sp³-hybridized carbons (Fsp3) is 0.720. The normalized spacial score (nSPS) is 28.6. The minimum Gasteiger partial charge on any atom is -0.369 e. The van der Waals surface area contributed by atoms with Crippen LogP contribution in [0.25, 0.3) is 0 Å². The van der Waals surface area contributed by atoms with Gasteiger partial charge < -0.3 is 11.1 Å². The van der Waals surface area contributed by atoms with E-state index in [1.165, 1.54) is 50.8 Å². The Kier molecular flexibility index (Phi) is 7.60. The lowest BCUT2D eigenvalue weighted by molar-refractivity contribution is -0.131. The molecule has 1 aromatic heterocycles. The molecule has 8 heteroatoms. The van der Waals surface area contributed by atoms with E-state index in [-0.39, 0.29) is 11.8 Å². The Morgan fingerprint density at radius 3 is 2.48 bits per heavy atom. The number of rotatable bonds is 8. The Morgan fingerprint density at radius 2 is 1.79 bits per heavy atom. The number of carbonyl (C=O) groups is 2. The van der Waals surface area contributed by atoms with E-state index in [9.17, 15) is 9.59 Å². The van der Waals surface area contributed by atoms with Gasteiger partial charge in [-0.1, -0.05) is 44.9 Å². The van der Waals surface area contributed by atoms with Crippen LogP contribution in [-0.4, -0.2) is 51.8 Å². The van der Waals surface area contributed by atoms with Crippen LogP contribution in [0.15, 0.2) is 23.7 Å². The highest BCUT2D eigenvalue weighted by Gasteiger charge is 2.48. The van der Waals surface area contributed by atoms with Gasteiger partial charge in [0.15, 0.2) is 5.96 Å². The zero-order valence-corrected chi connectivity index (χ0v) is 19.8. The monoisotopic (exact) mass is 454 g/mol. The van der Waals surface area contributed by atoms with Gasteiger partial charge in [-0.2, -0.15) is 0 Å². The molecule has 0 radical (unpaired) electrons. The summed E-state index contributed by atoms with van der Waals surface area (Å²) in [5, 5.41) is 3.04.